The number of esters is 1. The summed E-state index contributed by atoms with van der Waals surface area (Å²) in [5.41, 5.74) is -0.0219. The van der Waals surface area contributed by atoms with Gasteiger partial charge in [-0.15, -0.1) is 0 Å². The fourth-order valence-corrected chi connectivity index (χ4v) is 9.02. The average Bonchev–Trinajstić information content (AvgIpc) is 3.02. The van der Waals surface area contributed by atoms with Gasteiger partial charge in [0.1, 0.15) is 6.61 Å². The van der Waals surface area contributed by atoms with Gasteiger partial charge in [-0.25, -0.2) is 0 Å². The lowest BCUT2D eigenvalue weighted by molar-refractivity contribution is -0.141. The zero-order chi connectivity index (χ0) is 16.8. The first kappa shape index (κ1) is 17.5. The Labute approximate surface area is 142 Å². The number of carbonyl (C=O) groups is 1. The largest absolute Gasteiger partial charge is 0.465 e. The van der Waals surface area contributed by atoms with E-state index in [1.807, 2.05) is 0 Å². The van der Waals surface area contributed by atoms with Gasteiger partial charge in [0.2, 0.25) is 0 Å². The Kier molecular flexibility index (Phi) is 4.69. The van der Waals surface area contributed by atoms with Crippen molar-refractivity contribution in [1.82, 2.24) is 0 Å². The molecule has 3 aliphatic rings. The number of ether oxygens (including phenoxy) is 1. The molecule has 0 radical (unpaired) electrons. The molecule has 0 amide bonds. The van der Waals surface area contributed by atoms with E-state index in [1.54, 1.807) is 0 Å². The van der Waals surface area contributed by atoms with Gasteiger partial charge in [0.25, 0.3) is 0 Å². The smallest absolute Gasteiger partial charge is 0.309 e. The highest BCUT2D eigenvalue weighted by Crippen LogP contribution is 2.63. The van der Waals surface area contributed by atoms with Crippen LogP contribution in [0.3, 0.4) is 0 Å². The molecule has 0 N–H and O–H groups in total. The standard InChI is InChI=1S/C19H34O3Si/c1-6-23(7-2,8-3)22-17-13(4)9-10-15-14(5)11-16-18(20)21-12-19(15,16)17/h13-17H,6-12H2,1-5H3/t13-,14-,15+,16-,17?,19+/m0/s1. The molecule has 0 aromatic carbocycles. The second-order valence-electron chi connectivity index (χ2n) is 8.43. The van der Waals surface area contributed by atoms with E-state index in [1.165, 1.54) is 31.0 Å². The average molecular weight is 339 g/mol. The van der Waals surface area contributed by atoms with Crippen LogP contribution in [0.4, 0.5) is 0 Å². The van der Waals surface area contributed by atoms with Gasteiger partial charge in [-0.05, 0) is 55.1 Å². The maximum atomic E-state index is 12.4. The summed E-state index contributed by atoms with van der Waals surface area (Å²) in [6.07, 6.45) is 3.72. The van der Waals surface area contributed by atoms with Crippen molar-refractivity contribution in [3.8, 4) is 0 Å². The van der Waals surface area contributed by atoms with Crippen LogP contribution in [0.5, 0.6) is 0 Å². The molecule has 0 aromatic heterocycles. The lowest BCUT2D eigenvalue weighted by Crippen LogP contribution is -2.56. The van der Waals surface area contributed by atoms with E-state index in [0.717, 1.165) is 6.42 Å². The van der Waals surface area contributed by atoms with Crippen molar-refractivity contribution in [3.05, 3.63) is 0 Å². The summed E-state index contributed by atoms with van der Waals surface area (Å²) >= 11 is 0. The van der Waals surface area contributed by atoms with Crippen molar-refractivity contribution in [2.45, 2.75) is 78.1 Å². The second-order valence-corrected chi connectivity index (χ2v) is 13.2. The zero-order valence-electron chi connectivity index (χ0n) is 15.6. The van der Waals surface area contributed by atoms with Gasteiger partial charge in [-0.1, -0.05) is 34.6 Å². The predicted octanol–water partition coefficient (Wildman–Crippen LogP) is 4.62. The Hall–Kier alpha value is -0.353. The van der Waals surface area contributed by atoms with Crippen molar-refractivity contribution in [3.63, 3.8) is 0 Å². The molecule has 3 rings (SSSR count). The molecular weight excluding hydrogens is 304 g/mol. The van der Waals surface area contributed by atoms with Gasteiger partial charge in [-0.2, -0.15) is 0 Å². The van der Waals surface area contributed by atoms with E-state index >= 15 is 0 Å². The molecule has 3 nitrogen and oxygen atoms in total. The Bertz CT molecular complexity index is 453. The highest BCUT2D eigenvalue weighted by atomic mass is 28.4. The summed E-state index contributed by atoms with van der Waals surface area (Å²) in [4.78, 5) is 12.4. The molecule has 1 spiro atoms. The molecule has 3 fully saturated rings. The zero-order valence-corrected chi connectivity index (χ0v) is 16.6. The van der Waals surface area contributed by atoms with Crippen molar-refractivity contribution < 1.29 is 14.0 Å². The van der Waals surface area contributed by atoms with Crippen molar-refractivity contribution in [1.29, 1.82) is 0 Å². The van der Waals surface area contributed by atoms with Gasteiger partial charge in [0.15, 0.2) is 8.32 Å². The van der Waals surface area contributed by atoms with Crippen molar-refractivity contribution in [2.75, 3.05) is 6.61 Å². The van der Waals surface area contributed by atoms with Crippen LogP contribution in [0.2, 0.25) is 18.1 Å². The third-order valence-electron chi connectivity index (χ3n) is 7.67. The van der Waals surface area contributed by atoms with E-state index in [-0.39, 0.29) is 23.4 Å². The lowest BCUT2D eigenvalue weighted by Gasteiger charge is -2.51. The molecule has 1 unspecified atom stereocenters. The van der Waals surface area contributed by atoms with Crippen LogP contribution in [0, 0.1) is 29.1 Å². The maximum absolute atomic E-state index is 12.4. The van der Waals surface area contributed by atoms with E-state index in [2.05, 4.69) is 34.6 Å². The molecule has 23 heavy (non-hydrogen) atoms. The highest BCUT2D eigenvalue weighted by Gasteiger charge is 2.67. The number of cyclic esters (lactones) is 1. The summed E-state index contributed by atoms with van der Waals surface area (Å²) in [5, 5.41) is 0. The SMILES string of the molecule is CC[Si](CC)(CC)OC1[C@@H](C)CC[C@@H]2[C@@H](C)C[C@H]3C(=O)OC[C@@]123. The van der Waals surface area contributed by atoms with Crippen LogP contribution < -0.4 is 0 Å². The van der Waals surface area contributed by atoms with Gasteiger partial charge >= 0.3 is 5.97 Å². The molecule has 2 saturated carbocycles. The Morgan fingerprint density at radius 2 is 1.78 bits per heavy atom. The van der Waals surface area contributed by atoms with Crippen LogP contribution >= 0.6 is 0 Å². The molecular formula is C19H34O3Si. The topological polar surface area (TPSA) is 35.5 Å². The monoisotopic (exact) mass is 338 g/mol. The normalized spacial score (nSPS) is 43.2. The molecule has 6 atom stereocenters. The maximum Gasteiger partial charge on any atom is 0.309 e. The van der Waals surface area contributed by atoms with E-state index in [4.69, 9.17) is 9.16 Å². The number of hydrogen-bond acceptors (Lipinski definition) is 3. The van der Waals surface area contributed by atoms with E-state index < -0.39 is 8.32 Å². The number of hydrogen-bond donors (Lipinski definition) is 0. The Morgan fingerprint density at radius 3 is 2.39 bits per heavy atom. The molecule has 1 saturated heterocycles. The summed E-state index contributed by atoms with van der Waals surface area (Å²) in [5.74, 6) is 1.93. The minimum Gasteiger partial charge on any atom is -0.465 e. The fourth-order valence-electron chi connectivity index (χ4n) is 6.03. The minimum atomic E-state index is -1.68. The predicted molar refractivity (Wildman–Crippen MR) is 94.6 cm³/mol. The first-order valence-corrected chi connectivity index (χ1v) is 12.3. The Morgan fingerprint density at radius 1 is 1.13 bits per heavy atom. The summed E-state index contributed by atoms with van der Waals surface area (Å²) in [6.45, 7) is 12.2. The van der Waals surface area contributed by atoms with Crippen LogP contribution in [-0.2, 0) is 14.0 Å². The molecule has 0 bridgehead atoms. The fraction of sp³-hybridized carbons (Fsp3) is 0.947. The van der Waals surface area contributed by atoms with Crippen molar-refractivity contribution in [2.24, 2.45) is 29.1 Å². The van der Waals surface area contributed by atoms with Gasteiger partial charge in [0.05, 0.1) is 12.0 Å². The lowest BCUT2D eigenvalue weighted by atomic mass is 9.60. The second kappa shape index (κ2) is 6.18. The first-order chi connectivity index (χ1) is 10.9. The molecule has 1 aliphatic heterocycles. The number of carbonyl (C=O) groups excluding carboxylic acids is 1. The summed E-state index contributed by atoms with van der Waals surface area (Å²) in [7, 11) is -1.68. The minimum absolute atomic E-state index is 0.0219. The van der Waals surface area contributed by atoms with Crippen LogP contribution in [0.25, 0.3) is 0 Å². The quantitative estimate of drug-likeness (QED) is 0.542. The van der Waals surface area contributed by atoms with Crippen LogP contribution in [-0.4, -0.2) is 27.0 Å². The molecule has 132 valence electrons. The molecule has 4 heteroatoms. The van der Waals surface area contributed by atoms with Crippen LogP contribution in [0.15, 0.2) is 0 Å². The van der Waals surface area contributed by atoms with Gasteiger partial charge in [-0.3, -0.25) is 4.79 Å². The molecule has 2 aliphatic carbocycles. The highest BCUT2D eigenvalue weighted by molar-refractivity contribution is 6.73. The molecule has 0 aromatic rings. The Balaban J connectivity index is 1.98. The van der Waals surface area contributed by atoms with E-state index in [0.29, 0.717) is 24.4 Å². The summed E-state index contributed by atoms with van der Waals surface area (Å²) in [6, 6.07) is 3.54. The number of rotatable bonds is 5. The first-order valence-electron chi connectivity index (χ1n) is 9.78. The summed E-state index contributed by atoms with van der Waals surface area (Å²) < 4.78 is 12.7. The van der Waals surface area contributed by atoms with Crippen molar-refractivity contribution >= 4 is 14.3 Å². The van der Waals surface area contributed by atoms with Gasteiger partial charge < -0.3 is 9.16 Å². The van der Waals surface area contributed by atoms with E-state index in [9.17, 15) is 4.79 Å². The third kappa shape index (κ3) is 2.43. The third-order valence-corrected chi connectivity index (χ3v) is 12.3. The van der Waals surface area contributed by atoms with Gasteiger partial charge in [0, 0.05) is 5.41 Å². The molecule has 1 heterocycles. The van der Waals surface area contributed by atoms with Crippen LogP contribution in [0.1, 0.15) is 53.9 Å².